The number of ether oxygens (including phenoxy) is 4. The van der Waals surface area contributed by atoms with Crippen molar-refractivity contribution in [2.75, 3.05) is 39.6 Å². The van der Waals surface area contributed by atoms with Gasteiger partial charge in [0, 0.05) is 25.7 Å². The van der Waals surface area contributed by atoms with Crippen LogP contribution in [0.3, 0.4) is 0 Å². The first-order valence-electron chi connectivity index (χ1n) is 41.7. The van der Waals surface area contributed by atoms with Crippen molar-refractivity contribution in [2.45, 2.75) is 420 Å². The number of carbonyl (C=O) groups excluding carboxylic acids is 4. The first-order chi connectivity index (χ1) is 48.7. The van der Waals surface area contributed by atoms with Gasteiger partial charge >= 0.3 is 39.5 Å². The lowest BCUT2D eigenvalue weighted by Gasteiger charge is -2.21. The molecule has 0 aliphatic carbocycles. The fraction of sp³-hybridized carbons (Fsp3) is 0.902. The Morgan fingerprint density at radius 3 is 0.802 bits per heavy atom. The molecule has 0 saturated heterocycles. The van der Waals surface area contributed by atoms with E-state index in [4.69, 9.17) is 37.0 Å². The summed E-state index contributed by atoms with van der Waals surface area (Å²) in [6, 6.07) is 0. The lowest BCUT2D eigenvalue weighted by molar-refractivity contribution is -0.161. The van der Waals surface area contributed by atoms with Gasteiger partial charge in [0.25, 0.3) is 0 Å². The SMILES string of the molecule is CCCCCC/C=C\C=C/CCCCCCCC(=O)OC[C@H](COP(=O)(O)OCC(O)COP(=O)(O)OC[C@@H](COC(=O)CCCCCCCCCC(C)C)OC(=O)CCCCCCCCCCCCCCC(C)C)OC(=O)CCCCCCCCCCCCCCCCCCCCC(C)C. The third-order valence-corrected chi connectivity index (χ3v) is 20.4. The Labute approximate surface area is 618 Å². The number of unbranched alkanes of at least 4 members (excludes halogenated alkanes) is 43. The summed E-state index contributed by atoms with van der Waals surface area (Å²) in [6.45, 7) is 11.9. The van der Waals surface area contributed by atoms with Crippen LogP contribution < -0.4 is 0 Å². The van der Waals surface area contributed by atoms with Crippen LogP contribution in [0.1, 0.15) is 402 Å². The van der Waals surface area contributed by atoms with Crippen molar-refractivity contribution in [2.24, 2.45) is 17.8 Å². The second-order valence-corrected chi connectivity index (χ2v) is 33.2. The maximum Gasteiger partial charge on any atom is 0.472 e. The minimum atomic E-state index is -4.97. The Morgan fingerprint density at radius 1 is 0.307 bits per heavy atom. The monoisotopic (exact) mass is 1480 g/mol. The zero-order valence-corrected chi connectivity index (χ0v) is 67.6. The van der Waals surface area contributed by atoms with E-state index in [-0.39, 0.29) is 25.7 Å². The molecule has 0 amide bonds. The highest BCUT2D eigenvalue weighted by Gasteiger charge is 2.30. The van der Waals surface area contributed by atoms with E-state index in [1.807, 2.05) is 0 Å². The number of hydrogen-bond acceptors (Lipinski definition) is 15. The van der Waals surface area contributed by atoms with E-state index in [1.54, 1.807) is 0 Å². The van der Waals surface area contributed by atoms with E-state index in [1.165, 1.54) is 186 Å². The van der Waals surface area contributed by atoms with Gasteiger partial charge in [-0.2, -0.15) is 0 Å². The maximum absolute atomic E-state index is 13.1. The van der Waals surface area contributed by atoms with Gasteiger partial charge in [-0.3, -0.25) is 37.3 Å². The molecule has 0 bridgehead atoms. The Hall–Kier alpha value is -2.46. The molecule has 3 unspecified atom stereocenters. The van der Waals surface area contributed by atoms with Crippen molar-refractivity contribution in [3.8, 4) is 0 Å². The van der Waals surface area contributed by atoms with E-state index in [9.17, 15) is 43.2 Å². The number of aliphatic hydroxyl groups is 1. The molecule has 0 saturated carbocycles. The Balaban J connectivity index is 5.26. The van der Waals surface area contributed by atoms with Gasteiger partial charge in [0.1, 0.15) is 19.3 Å². The van der Waals surface area contributed by atoms with Gasteiger partial charge in [0.15, 0.2) is 12.2 Å². The van der Waals surface area contributed by atoms with E-state index < -0.39 is 97.5 Å². The predicted octanol–water partition coefficient (Wildman–Crippen LogP) is 24.1. The summed E-state index contributed by atoms with van der Waals surface area (Å²) in [5, 5.41) is 10.6. The third-order valence-electron chi connectivity index (χ3n) is 18.5. The molecule has 0 spiro atoms. The van der Waals surface area contributed by atoms with Crippen LogP contribution >= 0.6 is 15.6 Å². The van der Waals surface area contributed by atoms with Crippen LogP contribution in [0.25, 0.3) is 0 Å². The minimum Gasteiger partial charge on any atom is -0.462 e. The highest BCUT2D eigenvalue weighted by molar-refractivity contribution is 7.47. The molecule has 19 heteroatoms. The van der Waals surface area contributed by atoms with Crippen molar-refractivity contribution in [1.29, 1.82) is 0 Å². The summed E-state index contributed by atoms with van der Waals surface area (Å²) in [6.07, 6.45) is 63.4. The average Bonchev–Trinajstić information content (AvgIpc) is 0.946. The fourth-order valence-electron chi connectivity index (χ4n) is 12.1. The highest BCUT2D eigenvalue weighted by atomic mass is 31.2. The van der Waals surface area contributed by atoms with Crippen molar-refractivity contribution in [1.82, 2.24) is 0 Å². The van der Waals surface area contributed by atoms with Gasteiger partial charge < -0.3 is 33.8 Å². The van der Waals surface area contributed by atoms with Crippen LogP contribution in [0, 0.1) is 17.8 Å². The summed E-state index contributed by atoms with van der Waals surface area (Å²) in [4.78, 5) is 73.0. The molecule has 0 aliphatic rings. The predicted molar refractivity (Wildman–Crippen MR) is 414 cm³/mol. The van der Waals surface area contributed by atoms with E-state index in [0.717, 1.165) is 127 Å². The van der Waals surface area contributed by atoms with Gasteiger partial charge in [-0.05, 0) is 69.1 Å². The van der Waals surface area contributed by atoms with E-state index in [2.05, 4.69) is 72.8 Å². The normalized spacial score (nSPS) is 14.1. The number of allylic oxidation sites excluding steroid dienone is 4. The fourth-order valence-corrected chi connectivity index (χ4v) is 13.7. The molecule has 0 aliphatic heterocycles. The molecule has 0 heterocycles. The number of esters is 4. The number of rotatable bonds is 78. The van der Waals surface area contributed by atoms with Crippen LogP contribution in [0.4, 0.5) is 0 Å². The van der Waals surface area contributed by atoms with Crippen LogP contribution in [-0.4, -0.2) is 96.7 Å². The van der Waals surface area contributed by atoms with Crippen LogP contribution in [0.5, 0.6) is 0 Å². The van der Waals surface area contributed by atoms with E-state index in [0.29, 0.717) is 31.6 Å². The van der Waals surface area contributed by atoms with Crippen LogP contribution in [-0.2, 0) is 65.4 Å². The second-order valence-electron chi connectivity index (χ2n) is 30.3. The molecule has 3 N–H and O–H groups in total. The molecule has 0 rings (SSSR count). The largest absolute Gasteiger partial charge is 0.472 e. The number of phosphoric ester groups is 2. The second kappa shape index (κ2) is 71.8. The molecule has 0 radical (unpaired) electrons. The molecule has 0 aromatic heterocycles. The molecule has 101 heavy (non-hydrogen) atoms. The molecule has 0 aromatic carbocycles. The highest BCUT2D eigenvalue weighted by Crippen LogP contribution is 2.45. The third kappa shape index (κ3) is 75.6. The lowest BCUT2D eigenvalue weighted by atomic mass is 10.0. The number of phosphoric acid groups is 2. The summed E-state index contributed by atoms with van der Waals surface area (Å²) in [5.74, 6) is 0.156. The number of carbonyl (C=O) groups is 4. The molecular formula is C82H156O17P2. The first-order valence-corrected chi connectivity index (χ1v) is 44.7. The van der Waals surface area contributed by atoms with Gasteiger partial charge in [0.05, 0.1) is 26.4 Å². The Kier molecular flexibility index (Phi) is 70.0. The molecular weight excluding hydrogens is 1320 g/mol. The molecule has 596 valence electrons. The maximum atomic E-state index is 13.1. The van der Waals surface area contributed by atoms with Gasteiger partial charge in [-0.25, -0.2) is 9.13 Å². The minimum absolute atomic E-state index is 0.101. The van der Waals surface area contributed by atoms with Gasteiger partial charge in [-0.15, -0.1) is 0 Å². The Bertz CT molecular complexity index is 2050. The summed E-state index contributed by atoms with van der Waals surface area (Å²) in [5.41, 5.74) is 0. The topological polar surface area (TPSA) is 237 Å². The van der Waals surface area contributed by atoms with Gasteiger partial charge in [0.2, 0.25) is 0 Å². The van der Waals surface area contributed by atoms with Crippen molar-refractivity contribution in [3.63, 3.8) is 0 Å². The standard InChI is InChI=1S/C82H156O17P2/c1-8-9-10-11-12-13-14-15-20-24-30-35-42-49-56-63-79(84)92-69-77(98-81(86)65-58-51-43-36-31-25-22-19-17-16-18-21-23-28-33-39-46-53-60-73(2)3)71-96-100(88,89)94-67-76(83)68-95-101(90,91)97-72-78(70-93-80(85)64-57-50-45-38-41-48-55-62-75(6)7)99-82(87)66-59-52-44-37-32-27-26-29-34-40-47-54-61-74(4)5/h13-15,20,73-78,83H,8-12,16-19,21-72H2,1-7H3,(H,88,89)(H,90,91)/b14-13-,20-15-/t76?,77-,78-/m1/s1. The lowest BCUT2D eigenvalue weighted by Crippen LogP contribution is -2.30. The van der Waals surface area contributed by atoms with Gasteiger partial charge in [-0.1, -0.05) is 349 Å². The van der Waals surface area contributed by atoms with Crippen molar-refractivity contribution in [3.05, 3.63) is 24.3 Å². The van der Waals surface area contributed by atoms with Crippen LogP contribution in [0.15, 0.2) is 24.3 Å². The molecule has 17 nitrogen and oxygen atoms in total. The number of hydrogen-bond donors (Lipinski definition) is 3. The summed E-state index contributed by atoms with van der Waals surface area (Å²) in [7, 11) is -9.93. The molecule has 0 fully saturated rings. The molecule has 0 aromatic rings. The smallest absolute Gasteiger partial charge is 0.462 e. The summed E-state index contributed by atoms with van der Waals surface area (Å²) >= 11 is 0. The zero-order valence-electron chi connectivity index (χ0n) is 65.9. The molecule has 5 atom stereocenters. The van der Waals surface area contributed by atoms with Crippen molar-refractivity contribution >= 4 is 39.5 Å². The van der Waals surface area contributed by atoms with Crippen molar-refractivity contribution < 1.29 is 80.2 Å². The van der Waals surface area contributed by atoms with E-state index >= 15 is 0 Å². The quantitative estimate of drug-likeness (QED) is 0.0169. The first kappa shape index (κ1) is 98.5. The number of aliphatic hydroxyl groups excluding tert-OH is 1. The zero-order chi connectivity index (χ0) is 74.4. The average molecular weight is 1480 g/mol. The van der Waals surface area contributed by atoms with Crippen LogP contribution in [0.2, 0.25) is 0 Å². The Morgan fingerprint density at radius 2 is 0.535 bits per heavy atom. The summed E-state index contributed by atoms with van der Waals surface area (Å²) < 4.78 is 68.7.